The first kappa shape index (κ1) is 21.2. The molecule has 2 saturated carbocycles. The fourth-order valence-corrected chi connectivity index (χ4v) is 8.93. The molecule has 0 amide bonds. The smallest absolute Gasteiger partial charge is 0.0885 e. The summed E-state index contributed by atoms with van der Waals surface area (Å²) in [5, 5.41) is 23.6. The van der Waals surface area contributed by atoms with Crippen molar-refractivity contribution in [3.63, 3.8) is 0 Å². The summed E-state index contributed by atoms with van der Waals surface area (Å²) >= 11 is 0. The molecule has 3 fully saturated rings. The Hall–Kier alpha value is -1.36. The zero-order valence-corrected chi connectivity index (χ0v) is 20.2. The highest BCUT2D eigenvalue weighted by molar-refractivity contribution is 5.86. The van der Waals surface area contributed by atoms with E-state index in [0.29, 0.717) is 18.3 Å². The van der Waals surface area contributed by atoms with Crippen molar-refractivity contribution in [3.05, 3.63) is 35.5 Å². The van der Waals surface area contributed by atoms with Crippen LogP contribution in [0.25, 0.3) is 10.9 Å². The van der Waals surface area contributed by atoms with Crippen molar-refractivity contribution in [3.8, 4) is 0 Å². The van der Waals surface area contributed by atoms with Gasteiger partial charge in [0.05, 0.1) is 23.9 Å². The number of para-hydroxylation sites is 1. The van der Waals surface area contributed by atoms with Crippen molar-refractivity contribution in [2.75, 3.05) is 0 Å². The summed E-state index contributed by atoms with van der Waals surface area (Å²) in [6.45, 7) is 10.9. The summed E-state index contributed by atoms with van der Waals surface area (Å²) in [7, 11) is 0. The molecule has 0 spiro atoms. The van der Waals surface area contributed by atoms with Crippen molar-refractivity contribution in [2.45, 2.75) is 102 Å². The molecule has 1 aromatic heterocycles. The minimum atomic E-state index is -0.933. The topological polar surface area (TPSA) is 65.5 Å². The van der Waals surface area contributed by atoms with Crippen LogP contribution in [0.3, 0.4) is 0 Å². The number of fused-ring (bicyclic) bond motifs is 9. The Morgan fingerprint density at radius 1 is 1.09 bits per heavy atom. The molecule has 1 aliphatic heterocycles. The zero-order chi connectivity index (χ0) is 22.7. The standard InChI is InChI=1S/C28H39NO3/c1-25(2,31)23-15-21(30)27(4)20-11-10-16-14-18-17-8-6-7-9-19(17)29-24(18)28(16,5)26(20,3)13-12-22(27)32-23/h6-9,16,20-23,29-31H,10-15H2,1-5H3/t16?,20-,21-,22?,23+,26+,27-,28-/m1/s1. The van der Waals surface area contributed by atoms with Crippen molar-refractivity contribution < 1.29 is 14.9 Å². The number of benzene rings is 1. The van der Waals surface area contributed by atoms with Gasteiger partial charge in [0.25, 0.3) is 0 Å². The summed E-state index contributed by atoms with van der Waals surface area (Å²) in [5.41, 5.74) is 3.21. The highest BCUT2D eigenvalue weighted by Gasteiger charge is 2.69. The van der Waals surface area contributed by atoms with Gasteiger partial charge in [0.1, 0.15) is 0 Å². The molecule has 32 heavy (non-hydrogen) atoms. The van der Waals surface area contributed by atoms with Crippen LogP contribution >= 0.6 is 0 Å². The number of aliphatic hydroxyl groups excluding tert-OH is 1. The second-order valence-electron chi connectivity index (χ2n) is 12.6. The van der Waals surface area contributed by atoms with Crippen molar-refractivity contribution >= 4 is 10.9 Å². The maximum atomic E-state index is 11.6. The zero-order valence-electron chi connectivity index (χ0n) is 20.2. The lowest BCUT2D eigenvalue weighted by Crippen LogP contribution is -2.68. The molecule has 4 heteroatoms. The largest absolute Gasteiger partial charge is 0.392 e. The van der Waals surface area contributed by atoms with E-state index in [1.54, 1.807) is 0 Å². The molecule has 2 unspecified atom stereocenters. The molecule has 8 atom stereocenters. The maximum Gasteiger partial charge on any atom is 0.0885 e. The number of aliphatic hydroxyl groups is 2. The van der Waals surface area contributed by atoms with Gasteiger partial charge >= 0.3 is 0 Å². The summed E-state index contributed by atoms with van der Waals surface area (Å²) in [5.74, 6) is 1.05. The van der Waals surface area contributed by atoms with Crippen LogP contribution in [-0.2, 0) is 16.6 Å². The normalized spacial score (nSPS) is 45.8. The van der Waals surface area contributed by atoms with Gasteiger partial charge in [-0.15, -0.1) is 0 Å². The van der Waals surface area contributed by atoms with E-state index < -0.39 is 11.7 Å². The predicted molar refractivity (Wildman–Crippen MR) is 127 cm³/mol. The fourth-order valence-electron chi connectivity index (χ4n) is 8.93. The lowest BCUT2D eigenvalue weighted by atomic mass is 9.39. The van der Waals surface area contributed by atoms with Gasteiger partial charge in [-0.1, -0.05) is 39.0 Å². The maximum absolute atomic E-state index is 11.6. The molecule has 174 valence electrons. The van der Waals surface area contributed by atoms with E-state index in [-0.39, 0.29) is 28.5 Å². The molecular formula is C28H39NO3. The molecule has 6 rings (SSSR count). The van der Waals surface area contributed by atoms with E-state index in [9.17, 15) is 10.2 Å². The number of hydrogen-bond donors (Lipinski definition) is 3. The van der Waals surface area contributed by atoms with Gasteiger partial charge in [0.2, 0.25) is 0 Å². The first-order valence-corrected chi connectivity index (χ1v) is 12.7. The average molecular weight is 438 g/mol. The molecule has 4 nitrogen and oxygen atoms in total. The number of nitrogens with one attached hydrogen (secondary N) is 1. The lowest BCUT2D eigenvalue weighted by molar-refractivity contribution is -0.280. The molecule has 4 aliphatic rings. The Morgan fingerprint density at radius 2 is 1.84 bits per heavy atom. The Labute approximate surface area is 191 Å². The molecule has 2 heterocycles. The molecule has 1 aromatic carbocycles. The molecular weight excluding hydrogens is 398 g/mol. The summed E-state index contributed by atoms with van der Waals surface area (Å²) < 4.78 is 6.57. The first-order valence-electron chi connectivity index (χ1n) is 12.7. The molecule has 0 bridgehead atoms. The van der Waals surface area contributed by atoms with Gasteiger partial charge in [-0.25, -0.2) is 0 Å². The third kappa shape index (κ3) is 2.39. The number of hydrogen-bond acceptors (Lipinski definition) is 3. The minimum Gasteiger partial charge on any atom is -0.392 e. The number of H-pyrrole nitrogens is 1. The van der Waals surface area contributed by atoms with Crippen LogP contribution in [0.15, 0.2) is 24.3 Å². The Morgan fingerprint density at radius 3 is 2.59 bits per heavy atom. The van der Waals surface area contributed by atoms with E-state index in [0.717, 1.165) is 25.7 Å². The van der Waals surface area contributed by atoms with Gasteiger partial charge in [-0.05, 0) is 74.8 Å². The number of aromatic amines is 1. The van der Waals surface area contributed by atoms with Crippen LogP contribution < -0.4 is 0 Å². The second kappa shape index (κ2) is 6.40. The number of ether oxygens (including phenoxy) is 1. The third-order valence-corrected chi connectivity index (χ3v) is 11.0. The van der Waals surface area contributed by atoms with Crippen LogP contribution in [0.5, 0.6) is 0 Å². The Balaban J connectivity index is 1.44. The van der Waals surface area contributed by atoms with E-state index in [1.807, 2.05) is 13.8 Å². The van der Waals surface area contributed by atoms with E-state index in [1.165, 1.54) is 28.6 Å². The summed E-state index contributed by atoms with van der Waals surface area (Å²) in [6, 6.07) is 8.77. The van der Waals surface area contributed by atoms with Gasteiger partial charge in [-0.2, -0.15) is 0 Å². The summed E-state index contributed by atoms with van der Waals surface area (Å²) in [6.07, 6.45) is 5.33. The van der Waals surface area contributed by atoms with Crippen molar-refractivity contribution in [2.24, 2.45) is 22.7 Å². The summed E-state index contributed by atoms with van der Waals surface area (Å²) in [4.78, 5) is 3.87. The monoisotopic (exact) mass is 437 g/mol. The highest BCUT2D eigenvalue weighted by atomic mass is 16.5. The molecule has 3 aliphatic carbocycles. The molecule has 0 radical (unpaired) electrons. The van der Waals surface area contributed by atoms with Crippen LogP contribution in [0, 0.1) is 22.7 Å². The van der Waals surface area contributed by atoms with Gasteiger partial charge in [0.15, 0.2) is 0 Å². The van der Waals surface area contributed by atoms with Crippen LogP contribution in [0.2, 0.25) is 0 Å². The average Bonchev–Trinajstić information content (AvgIpc) is 3.23. The van der Waals surface area contributed by atoms with Crippen LogP contribution in [0.4, 0.5) is 0 Å². The second-order valence-corrected chi connectivity index (χ2v) is 12.6. The third-order valence-electron chi connectivity index (χ3n) is 11.0. The van der Waals surface area contributed by atoms with Crippen molar-refractivity contribution in [1.82, 2.24) is 4.98 Å². The fraction of sp³-hybridized carbons (Fsp3) is 0.714. The minimum absolute atomic E-state index is 0.00416. The van der Waals surface area contributed by atoms with E-state index in [2.05, 4.69) is 50.0 Å². The number of rotatable bonds is 1. The first-order chi connectivity index (χ1) is 15.0. The molecule has 2 aromatic rings. The highest BCUT2D eigenvalue weighted by Crippen LogP contribution is 2.71. The van der Waals surface area contributed by atoms with Gasteiger partial charge in [0, 0.05) is 33.8 Å². The molecule has 3 N–H and O–H groups in total. The van der Waals surface area contributed by atoms with E-state index in [4.69, 9.17) is 4.74 Å². The predicted octanol–water partition coefficient (Wildman–Crippen LogP) is 5.10. The lowest BCUT2D eigenvalue weighted by Gasteiger charge is -2.67. The van der Waals surface area contributed by atoms with Gasteiger partial charge < -0.3 is 19.9 Å². The van der Waals surface area contributed by atoms with Crippen LogP contribution in [0.1, 0.15) is 78.0 Å². The molecule has 1 saturated heterocycles. The quantitative estimate of drug-likeness (QED) is 0.581. The number of aromatic nitrogens is 1. The van der Waals surface area contributed by atoms with Crippen LogP contribution in [-0.4, -0.2) is 39.1 Å². The Bertz CT molecular complexity index is 1070. The van der Waals surface area contributed by atoms with Crippen molar-refractivity contribution in [1.29, 1.82) is 0 Å². The van der Waals surface area contributed by atoms with E-state index >= 15 is 0 Å². The SMILES string of the molecule is CC(C)(O)[C@@H]1C[C@@H](O)[C@]2(C)C(CC[C@@]3(C)[C@H]2CCC2Cc4c([nH]c5ccccc45)[C@@]23C)O1. The Kier molecular flexibility index (Phi) is 4.24. The van der Waals surface area contributed by atoms with Gasteiger partial charge in [-0.3, -0.25) is 0 Å².